The molecule has 1 fully saturated rings. The van der Waals surface area contributed by atoms with E-state index in [9.17, 15) is 8.42 Å². The van der Waals surface area contributed by atoms with Crippen molar-refractivity contribution >= 4 is 27.3 Å². The molecule has 1 aromatic rings. The van der Waals surface area contributed by atoms with Crippen molar-refractivity contribution in [1.29, 1.82) is 0 Å². The van der Waals surface area contributed by atoms with Gasteiger partial charge in [0.1, 0.15) is 4.90 Å². The highest BCUT2D eigenvalue weighted by molar-refractivity contribution is 7.89. The summed E-state index contributed by atoms with van der Waals surface area (Å²) in [5.41, 5.74) is 5.83. The van der Waals surface area contributed by atoms with Crippen LogP contribution in [0.3, 0.4) is 0 Å². The molecule has 0 saturated carbocycles. The Morgan fingerprint density at radius 3 is 2.40 bits per heavy atom. The van der Waals surface area contributed by atoms with E-state index in [0.717, 1.165) is 0 Å². The average Bonchev–Trinajstić information content (AvgIpc) is 2.41. The van der Waals surface area contributed by atoms with Gasteiger partial charge in [0, 0.05) is 44.6 Å². The molecule has 1 aliphatic heterocycles. The van der Waals surface area contributed by atoms with Crippen molar-refractivity contribution in [3.63, 3.8) is 0 Å². The molecule has 20 heavy (non-hydrogen) atoms. The minimum atomic E-state index is -3.63. The Morgan fingerprint density at radius 2 is 1.85 bits per heavy atom. The number of piperazine rings is 1. The molecule has 1 aromatic heterocycles. The summed E-state index contributed by atoms with van der Waals surface area (Å²) in [6.07, 6.45) is 2.60. The SMILES string of the molecule is CC(C)N1CCN(S(=O)(=O)c2cncc(Cl)c2N)CC1. The number of pyridine rings is 1. The van der Waals surface area contributed by atoms with Gasteiger partial charge in [0.05, 0.1) is 10.7 Å². The fraction of sp³-hybridized carbons (Fsp3) is 0.583. The Hall–Kier alpha value is -0.890. The number of rotatable bonds is 3. The molecule has 8 heteroatoms. The molecule has 0 aromatic carbocycles. The predicted molar refractivity (Wildman–Crippen MR) is 79.1 cm³/mol. The van der Waals surface area contributed by atoms with Gasteiger partial charge in [0.25, 0.3) is 0 Å². The van der Waals surface area contributed by atoms with Gasteiger partial charge in [-0.25, -0.2) is 8.42 Å². The van der Waals surface area contributed by atoms with Gasteiger partial charge in [-0.3, -0.25) is 9.88 Å². The number of nitrogen functional groups attached to an aromatic ring is 1. The predicted octanol–water partition coefficient (Wildman–Crippen LogP) is 1.03. The summed E-state index contributed by atoms with van der Waals surface area (Å²) in [5, 5.41) is 0.159. The summed E-state index contributed by atoms with van der Waals surface area (Å²) in [6, 6.07) is 0.415. The lowest BCUT2D eigenvalue weighted by Crippen LogP contribution is -2.50. The van der Waals surface area contributed by atoms with Crippen LogP contribution < -0.4 is 5.73 Å². The van der Waals surface area contributed by atoms with E-state index in [1.807, 2.05) is 0 Å². The fourth-order valence-corrected chi connectivity index (χ4v) is 3.95. The molecule has 1 aliphatic rings. The maximum absolute atomic E-state index is 12.6. The number of hydrogen-bond acceptors (Lipinski definition) is 5. The lowest BCUT2D eigenvalue weighted by atomic mass is 10.3. The van der Waals surface area contributed by atoms with Crippen LogP contribution in [0.2, 0.25) is 5.02 Å². The summed E-state index contributed by atoms with van der Waals surface area (Å²) >= 11 is 5.84. The first-order valence-corrected chi connectivity index (χ1v) is 8.29. The topological polar surface area (TPSA) is 79.5 Å². The van der Waals surface area contributed by atoms with Crippen molar-refractivity contribution in [2.24, 2.45) is 0 Å². The van der Waals surface area contributed by atoms with Crippen LogP contribution in [0.1, 0.15) is 13.8 Å². The molecule has 2 rings (SSSR count). The van der Waals surface area contributed by atoms with Gasteiger partial charge < -0.3 is 5.73 Å². The smallest absolute Gasteiger partial charge is 0.246 e. The number of aromatic nitrogens is 1. The number of hydrogen-bond donors (Lipinski definition) is 1. The third kappa shape index (κ3) is 2.90. The van der Waals surface area contributed by atoms with Gasteiger partial charge >= 0.3 is 0 Å². The summed E-state index contributed by atoms with van der Waals surface area (Å²) in [4.78, 5) is 6.05. The Morgan fingerprint density at radius 1 is 1.25 bits per heavy atom. The van der Waals surface area contributed by atoms with Crippen LogP contribution in [0, 0.1) is 0 Å². The molecule has 0 unspecified atom stereocenters. The van der Waals surface area contributed by atoms with Crippen LogP contribution in [0.15, 0.2) is 17.3 Å². The Bertz CT molecular complexity index is 583. The minimum absolute atomic E-state index is 0.0111. The van der Waals surface area contributed by atoms with Crippen molar-refractivity contribution in [2.45, 2.75) is 24.8 Å². The number of nitrogens with zero attached hydrogens (tertiary/aromatic N) is 3. The van der Waals surface area contributed by atoms with Crippen molar-refractivity contribution in [1.82, 2.24) is 14.2 Å². The second-order valence-electron chi connectivity index (χ2n) is 5.07. The molecule has 0 spiro atoms. The largest absolute Gasteiger partial charge is 0.396 e. The highest BCUT2D eigenvalue weighted by Gasteiger charge is 2.31. The quantitative estimate of drug-likeness (QED) is 0.900. The highest BCUT2D eigenvalue weighted by Crippen LogP contribution is 2.28. The molecule has 0 amide bonds. The highest BCUT2D eigenvalue weighted by atomic mass is 35.5. The van der Waals surface area contributed by atoms with Gasteiger partial charge in [-0.1, -0.05) is 11.6 Å². The third-order valence-corrected chi connectivity index (χ3v) is 5.75. The molecular weight excluding hydrogens is 300 g/mol. The van der Waals surface area contributed by atoms with Gasteiger partial charge in [0.15, 0.2) is 0 Å². The van der Waals surface area contributed by atoms with Crippen LogP contribution >= 0.6 is 11.6 Å². The molecule has 6 nitrogen and oxygen atoms in total. The van der Waals surface area contributed by atoms with Gasteiger partial charge in [-0.15, -0.1) is 0 Å². The lowest BCUT2D eigenvalue weighted by Gasteiger charge is -2.36. The van der Waals surface area contributed by atoms with E-state index in [0.29, 0.717) is 32.2 Å². The summed E-state index contributed by atoms with van der Waals surface area (Å²) in [6.45, 7) is 6.53. The van der Waals surface area contributed by atoms with Crippen molar-refractivity contribution in [2.75, 3.05) is 31.9 Å². The number of sulfonamides is 1. The molecule has 0 radical (unpaired) electrons. The maximum Gasteiger partial charge on any atom is 0.246 e. The Balaban J connectivity index is 2.22. The summed E-state index contributed by atoms with van der Waals surface area (Å²) in [7, 11) is -3.63. The zero-order valence-electron chi connectivity index (χ0n) is 11.6. The summed E-state index contributed by atoms with van der Waals surface area (Å²) in [5.74, 6) is 0. The first-order valence-electron chi connectivity index (χ1n) is 6.47. The van der Waals surface area contributed by atoms with Gasteiger partial charge in [-0.2, -0.15) is 4.31 Å². The van der Waals surface area contributed by atoms with E-state index < -0.39 is 10.0 Å². The van der Waals surface area contributed by atoms with Gasteiger partial charge in [-0.05, 0) is 13.8 Å². The second-order valence-corrected chi connectivity index (χ2v) is 7.38. The second kappa shape index (κ2) is 5.85. The Kier molecular flexibility index (Phi) is 4.53. The number of anilines is 1. The summed E-state index contributed by atoms with van der Waals surface area (Å²) < 4.78 is 26.6. The standard InChI is InChI=1S/C12H19ClN4O2S/c1-9(2)16-3-5-17(6-4-16)20(18,19)11-8-15-7-10(13)12(11)14/h7-9H,3-6H2,1-2H3,(H2,14,15). The van der Waals surface area contributed by atoms with Crippen molar-refractivity contribution in [3.05, 3.63) is 17.4 Å². The molecule has 2 heterocycles. The fourth-order valence-electron chi connectivity index (χ4n) is 2.23. The number of halogens is 1. The van der Waals surface area contributed by atoms with E-state index in [-0.39, 0.29) is 15.6 Å². The molecule has 2 N–H and O–H groups in total. The molecule has 0 bridgehead atoms. The molecule has 112 valence electrons. The van der Waals surface area contributed by atoms with E-state index >= 15 is 0 Å². The monoisotopic (exact) mass is 318 g/mol. The van der Waals surface area contributed by atoms with Crippen LogP contribution in [0.25, 0.3) is 0 Å². The van der Waals surface area contributed by atoms with Crippen LogP contribution in [0.5, 0.6) is 0 Å². The maximum atomic E-state index is 12.6. The normalized spacial score (nSPS) is 18.6. The van der Waals surface area contributed by atoms with Crippen LogP contribution in [0.4, 0.5) is 5.69 Å². The first-order chi connectivity index (χ1) is 9.34. The van der Waals surface area contributed by atoms with Gasteiger partial charge in [0.2, 0.25) is 10.0 Å². The van der Waals surface area contributed by atoms with E-state index in [1.54, 1.807) is 0 Å². The zero-order valence-corrected chi connectivity index (χ0v) is 13.2. The van der Waals surface area contributed by atoms with Crippen LogP contribution in [-0.4, -0.2) is 54.8 Å². The van der Waals surface area contributed by atoms with Crippen LogP contribution in [-0.2, 0) is 10.0 Å². The van der Waals surface area contributed by atoms with Crippen molar-refractivity contribution < 1.29 is 8.42 Å². The Labute approximate surface area is 124 Å². The molecule has 0 aliphatic carbocycles. The zero-order chi connectivity index (χ0) is 14.9. The third-order valence-electron chi connectivity index (χ3n) is 3.52. The number of nitrogens with two attached hydrogens (primary N) is 1. The van der Waals surface area contributed by atoms with Crippen molar-refractivity contribution in [3.8, 4) is 0 Å². The van der Waals surface area contributed by atoms with E-state index in [2.05, 4.69) is 23.7 Å². The van der Waals surface area contributed by atoms with E-state index in [1.165, 1.54) is 16.7 Å². The minimum Gasteiger partial charge on any atom is -0.396 e. The first kappa shape index (κ1) is 15.5. The average molecular weight is 319 g/mol. The van der Waals surface area contributed by atoms with E-state index in [4.69, 9.17) is 17.3 Å². The molecule has 0 atom stereocenters. The molecule has 1 saturated heterocycles. The lowest BCUT2D eigenvalue weighted by molar-refractivity contribution is 0.154. The molecular formula is C12H19ClN4O2S.